The first-order valence-electron chi connectivity index (χ1n) is 8.03. The van der Waals surface area contributed by atoms with E-state index < -0.39 is 0 Å². The van der Waals surface area contributed by atoms with Crippen LogP contribution in [0.1, 0.15) is 43.4 Å². The summed E-state index contributed by atoms with van der Waals surface area (Å²) in [5, 5.41) is 3.39. The van der Waals surface area contributed by atoms with Gasteiger partial charge in [0, 0.05) is 18.3 Å². The number of anilines is 1. The van der Waals surface area contributed by atoms with E-state index in [4.69, 9.17) is 5.73 Å². The van der Waals surface area contributed by atoms with Crippen molar-refractivity contribution in [2.75, 3.05) is 11.9 Å². The summed E-state index contributed by atoms with van der Waals surface area (Å²) in [6.07, 6.45) is 4.41. The predicted octanol–water partition coefficient (Wildman–Crippen LogP) is 5.51. The molecule has 3 N–H and O–H groups in total. The second kappa shape index (κ2) is 12.1. The summed E-state index contributed by atoms with van der Waals surface area (Å²) < 4.78 is 12.9. The van der Waals surface area contributed by atoms with Crippen LogP contribution in [0.5, 0.6) is 0 Å². The fourth-order valence-electron chi connectivity index (χ4n) is 2.42. The van der Waals surface area contributed by atoms with Crippen LogP contribution in [0, 0.1) is 5.82 Å². The summed E-state index contributed by atoms with van der Waals surface area (Å²) >= 11 is 0. The molecule has 2 rings (SSSR count). The normalized spacial score (nSPS) is 11.1. The molecule has 5 heteroatoms. The molecule has 0 aliphatic carbocycles. The van der Waals surface area contributed by atoms with Crippen LogP contribution in [0.25, 0.3) is 0 Å². The standard InChI is InChI=1S/C19H25FN2.2ClH/c1-2-3-4-15-5-11-18(12-6-15)22-14-13-19(21)16-7-9-17(20)10-8-16;;/h5-12,19,22H,2-4,13-14,21H2,1H3;2*1H. The van der Waals surface area contributed by atoms with E-state index in [0.717, 1.165) is 30.6 Å². The highest BCUT2D eigenvalue weighted by Crippen LogP contribution is 2.16. The third kappa shape index (κ3) is 7.52. The number of halogens is 3. The van der Waals surface area contributed by atoms with Crippen LogP contribution in [-0.2, 0) is 6.42 Å². The second-order valence-corrected chi connectivity index (χ2v) is 5.67. The Labute approximate surface area is 156 Å². The van der Waals surface area contributed by atoms with E-state index in [1.807, 2.05) is 0 Å². The Balaban J connectivity index is 0.00000264. The fourth-order valence-corrected chi connectivity index (χ4v) is 2.42. The average Bonchev–Trinajstić information content (AvgIpc) is 2.54. The van der Waals surface area contributed by atoms with E-state index in [1.165, 1.54) is 30.5 Å². The van der Waals surface area contributed by atoms with Crippen molar-refractivity contribution in [3.05, 3.63) is 65.5 Å². The Morgan fingerprint density at radius 2 is 1.62 bits per heavy atom. The number of aryl methyl sites for hydroxylation is 1. The van der Waals surface area contributed by atoms with Gasteiger partial charge in [-0.15, -0.1) is 24.8 Å². The molecule has 0 saturated heterocycles. The summed E-state index contributed by atoms with van der Waals surface area (Å²) in [6, 6.07) is 14.9. The van der Waals surface area contributed by atoms with Gasteiger partial charge in [0.2, 0.25) is 0 Å². The zero-order valence-corrected chi connectivity index (χ0v) is 15.6. The largest absolute Gasteiger partial charge is 0.385 e. The fraction of sp³-hybridized carbons (Fsp3) is 0.368. The summed E-state index contributed by atoms with van der Waals surface area (Å²) in [5.74, 6) is -0.225. The topological polar surface area (TPSA) is 38.0 Å². The first kappa shape index (κ1) is 22.7. The van der Waals surface area contributed by atoms with Gasteiger partial charge in [-0.1, -0.05) is 37.6 Å². The highest BCUT2D eigenvalue weighted by atomic mass is 35.5. The minimum absolute atomic E-state index is 0. The first-order chi connectivity index (χ1) is 10.7. The van der Waals surface area contributed by atoms with Crippen LogP contribution in [0.2, 0.25) is 0 Å². The predicted molar refractivity (Wildman–Crippen MR) is 106 cm³/mol. The van der Waals surface area contributed by atoms with E-state index in [1.54, 1.807) is 12.1 Å². The molecule has 0 saturated carbocycles. The van der Waals surface area contributed by atoms with Crippen molar-refractivity contribution in [1.82, 2.24) is 0 Å². The van der Waals surface area contributed by atoms with E-state index in [9.17, 15) is 4.39 Å². The summed E-state index contributed by atoms with van der Waals surface area (Å²) in [5.41, 5.74) is 9.60. The van der Waals surface area contributed by atoms with Gasteiger partial charge in [-0.25, -0.2) is 4.39 Å². The maximum absolute atomic E-state index is 12.9. The summed E-state index contributed by atoms with van der Waals surface area (Å²) in [7, 11) is 0. The van der Waals surface area contributed by atoms with Gasteiger partial charge in [0.1, 0.15) is 5.82 Å². The van der Waals surface area contributed by atoms with Gasteiger partial charge in [0.15, 0.2) is 0 Å². The SMILES string of the molecule is CCCCc1ccc(NCCC(N)c2ccc(F)cc2)cc1.Cl.Cl. The molecule has 2 nitrogen and oxygen atoms in total. The number of hydrogen-bond donors (Lipinski definition) is 2. The van der Waals surface area contributed by atoms with Crippen LogP contribution in [0.3, 0.4) is 0 Å². The second-order valence-electron chi connectivity index (χ2n) is 5.67. The van der Waals surface area contributed by atoms with Crippen molar-refractivity contribution < 1.29 is 4.39 Å². The quantitative estimate of drug-likeness (QED) is 0.640. The lowest BCUT2D eigenvalue weighted by molar-refractivity contribution is 0.622. The summed E-state index contributed by atoms with van der Waals surface area (Å²) in [6.45, 7) is 3.01. The minimum Gasteiger partial charge on any atom is -0.385 e. The number of nitrogens with one attached hydrogen (secondary N) is 1. The Hall–Kier alpha value is -1.29. The van der Waals surface area contributed by atoms with Crippen molar-refractivity contribution in [3.8, 4) is 0 Å². The molecule has 0 fully saturated rings. The number of benzene rings is 2. The van der Waals surface area contributed by atoms with Gasteiger partial charge >= 0.3 is 0 Å². The molecular weight excluding hydrogens is 346 g/mol. The molecule has 2 aromatic rings. The Morgan fingerprint density at radius 3 is 2.21 bits per heavy atom. The highest BCUT2D eigenvalue weighted by molar-refractivity contribution is 5.85. The highest BCUT2D eigenvalue weighted by Gasteiger charge is 2.05. The minimum atomic E-state index is -0.225. The van der Waals surface area contributed by atoms with E-state index in [2.05, 4.69) is 36.5 Å². The maximum Gasteiger partial charge on any atom is 0.123 e. The van der Waals surface area contributed by atoms with Gasteiger partial charge in [-0.2, -0.15) is 0 Å². The Morgan fingerprint density at radius 1 is 1.00 bits per heavy atom. The molecule has 1 atom stereocenters. The van der Waals surface area contributed by atoms with Crippen molar-refractivity contribution >= 4 is 30.5 Å². The third-order valence-electron chi connectivity index (χ3n) is 3.86. The van der Waals surface area contributed by atoms with Gasteiger partial charge in [-0.3, -0.25) is 0 Å². The lowest BCUT2D eigenvalue weighted by atomic mass is 10.0. The zero-order valence-electron chi connectivity index (χ0n) is 14.0. The van der Waals surface area contributed by atoms with Crippen molar-refractivity contribution in [2.24, 2.45) is 5.73 Å². The molecule has 24 heavy (non-hydrogen) atoms. The van der Waals surface area contributed by atoms with Gasteiger partial charge in [0.25, 0.3) is 0 Å². The summed E-state index contributed by atoms with van der Waals surface area (Å²) in [4.78, 5) is 0. The van der Waals surface area contributed by atoms with Crippen LogP contribution >= 0.6 is 24.8 Å². The van der Waals surface area contributed by atoms with Crippen molar-refractivity contribution in [1.29, 1.82) is 0 Å². The molecule has 0 spiro atoms. The number of hydrogen-bond acceptors (Lipinski definition) is 2. The molecule has 0 heterocycles. The number of unbranched alkanes of at least 4 members (excludes halogenated alkanes) is 1. The number of nitrogens with two attached hydrogens (primary N) is 1. The molecule has 0 aliphatic rings. The lowest BCUT2D eigenvalue weighted by Gasteiger charge is -2.13. The van der Waals surface area contributed by atoms with Crippen LogP contribution in [-0.4, -0.2) is 6.54 Å². The van der Waals surface area contributed by atoms with Crippen LogP contribution in [0.4, 0.5) is 10.1 Å². The van der Waals surface area contributed by atoms with Gasteiger partial charge in [0.05, 0.1) is 0 Å². The van der Waals surface area contributed by atoms with Gasteiger partial charge < -0.3 is 11.1 Å². The molecular formula is C19H27Cl2FN2. The molecule has 0 bridgehead atoms. The molecule has 0 aliphatic heterocycles. The molecule has 0 aromatic heterocycles. The maximum atomic E-state index is 12.9. The molecule has 2 aromatic carbocycles. The van der Waals surface area contributed by atoms with Crippen LogP contribution < -0.4 is 11.1 Å². The van der Waals surface area contributed by atoms with Crippen molar-refractivity contribution in [2.45, 2.75) is 38.6 Å². The van der Waals surface area contributed by atoms with Crippen LogP contribution in [0.15, 0.2) is 48.5 Å². The molecule has 0 amide bonds. The lowest BCUT2D eigenvalue weighted by Crippen LogP contribution is -2.15. The molecule has 0 radical (unpaired) electrons. The van der Waals surface area contributed by atoms with Gasteiger partial charge in [-0.05, 0) is 54.7 Å². The average molecular weight is 373 g/mol. The zero-order chi connectivity index (χ0) is 15.8. The van der Waals surface area contributed by atoms with E-state index in [-0.39, 0.29) is 36.7 Å². The van der Waals surface area contributed by atoms with Crippen molar-refractivity contribution in [3.63, 3.8) is 0 Å². The molecule has 1 unspecified atom stereocenters. The first-order valence-corrected chi connectivity index (χ1v) is 8.03. The van der Waals surface area contributed by atoms with E-state index in [0.29, 0.717) is 0 Å². The Bertz CT molecular complexity index is 559. The third-order valence-corrected chi connectivity index (χ3v) is 3.86. The molecule has 134 valence electrons. The Kier molecular flexibility index (Phi) is 11.5. The monoisotopic (exact) mass is 372 g/mol. The smallest absolute Gasteiger partial charge is 0.123 e. The number of rotatable bonds is 8. The van der Waals surface area contributed by atoms with E-state index >= 15 is 0 Å².